The van der Waals surface area contributed by atoms with Crippen molar-refractivity contribution in [3.05, 3.63) is 41.7 Å². The second kappa shape index (κ2) is 5.35. The monoisotopic (exact) mass is 274 g/mol. The Morgan fingerprint density at radius 2 is 2.32 bits per heavy atom. The molecule has 4 nitrogen and oxygen atoms in total. The van der Waals surface area contributed by atoms with Crippen molar-refractivity contribution in [1.29, 1.82) is 0 Å². The molecule has 0 saturated heterocycles. The van der Waals surface area contributed by atoms with Crippen LogP contribution in [0.25, 0.3) is 0 Å². The summed E-state index contributed by atoms with van der Waals surface area (Å²) in [7, 11) is 0. The number of thioether (sulfide) groups is 1. The molecule has 0 bridgehead atoms. The van der Waals surface area contributed by atoms with E-state index in [0.717, 1.165) is 24.4 Å². The number of nitrogens with zero attached hydrogens (tertiary/aromatic N) is 3. The number of aryl methyl sites for hydroxylation is 1. The van der Waals surface area contributed by atoms with Gasteiger partial charge in [0.1, 0.15) is 0 Å². The van der Waals surface area contributed by atoms with Gasteiger partial charge in [-0.05, 0) is 18.1 Å². The molecule has 0 saturated carbocycles. The first kappa shape index (κ1) is 12.7. The van der Waals surface area contributed by atoms with E-state index in [1.54, 1.807) is 0 Å². The maximum atomic E-state index is 6.48. The molecule has 1 aliphatic heterocycles. The average Bonchev–Trinajstić information content (AvgIpc) is 3.04. The van der Waals surface area contributed by atoms with E-state index in [4.69, 9.17) is 5.73 Å². The summed E-state index contributed by atoms with van der Waals surface area (Å²) in [5.41, 5.74) is 8.89. The molecule has 5 heteroatoms. The predicted octanol–water partition coefficient (Wildman–Crippen LogP) is 2.58. The highest BCUT2D eigenvalue weighted by Crippen LogP contribution is 2.44. The van der Waals surface area contributed by atoms with E-state index < -0.39 is 0 Å². The van der Waals surface area contributed by atoms with E-state index >= 15 is 0 Å². The van der Waals surface area contributed by atoms with Crippen LogP contribution in [0.1, 0.15) is 36.6 Å². The van der Waals surface area contributed by atoms with Crippen molar-refractivity contribution in [2.45, 2.75) is 36.7 Å². The molecule has 0 radical (unpaired) electrons. The molecule has 2 N–H and O–H groups in total. The number of benzene rings is 1. The van der Waals surface area contributed by atoms with Gasteiger partial charge in [-0.2, -0.15) is 0 Å². The minimum Gasteiger partial charge on any atom is -0.322 e. The van der Waals surface area contributed by atoms with Gasteiger partial charge in [0.15, 0.2) is 0 Å². The van der Waals surface area contributed by atoms with Gasteiger partial charge in [0.05, 0.1) is 17.9 Å². The fourth-order valence-corrected chi connectivity index (χ4v) is 3.91. The smallest absolute Gasteiger partial charge is 0.0760 e. The van der Waals surface area contributed by atoms with Crippen LogP contribution in [0.3, 0.4) is 0 Å². The number of hydrogen-bond donors (Lipinski definition) is 1. The Bertz CT molecular complexity index is 566. The fraction of sp³-hybridized carbons (Fsp3) is 0.429. The van der Waals surface area contributed by atoms with Gasteiger partial charge in [-0.1, -0.05) is 30.3 Å². The van der Waals surface area contributed by atoms with Gasteiger partial charge < -0.3 is 5.73 Å². The Kier molecular flexibility index (Phi) is 3.57. The van der Waals surface area contributed by atoms with Crippen molar-refractivity contribution in [3.63, 3.8) is 0 Å². The van der Waals surface area contributed by atoms with E-state index in [1.165, 1.54) is 10.5 Å². The summed E-state index contributed by atoms with van der Waals surface area (Å²) in [4.78, 5) is 1.36. The molecule has 1 aromatic carbocycles. The normalized spacial score (nSPS) is 19.4. The van der Waals surface area contributed by atoms with Crippen molar-refractivity contribution in [1.82, 2.24) is 15.0 Å². The zero-order chi connectivity index (χ0) is 13.2. The lowest BCUT2D eigenvalue weighted by Gasteiger charge is -2.20. The highest BCUT2D eigenvalue weighted by Gasteiger charge is 2.30. The van der Waals surface area contributed by atoms with Crippen LogP contribution in [0.5, 0.6) is 0 Å². The molecule has 2 heterocycles. The van der Waals surface area contributed by atoms with Crippen LogP contribution in [0.4, 0.5) is 0 Å². The summed E-state index contributed by atoms with van der Waals surface area (Å²) >= 11 is 1.89. The van der Waals surface area contributed by atoms with E-state index in [1.807, 2.05) is 22.6 Å². The van der Waals surface area contributed by atoms with Gasteiger partial charge in [-0.25, -0.2) is 4.68 Å². The third-order valence-electron chi connectivity index (χ3n) is 3.59. The molecule has 0 amide bonds. The minimum atomic E-state index is -0.0299. The summed E-state index contributed by atoms with van der Waals surface area (Å²) in [6.07, 6.45) is 2.85. The van der Waals surface area contributed by atoms with Crippen molar-refractivity contribution in [2.75, 3.05) is 5.75 Å². The lowest BCUT2D eigenvalue weighted by molar-refractivity contribution is 0.499. The molecule has 2 unspecified atom stereocenters. The second-order valence-corrected chi connectivity index (χ2v) is 5.92. The molecule has 2 aromatic rings. The van der Waals surface area contributed by atoms with Gasteiger partial charge >= 0.3 is 0 Å². The molecule has 3 rings (SSSR count). The molecule has 1 aromatic heterocycles. The summed E-state index contributed by atoms with van der Waals surface area (Å²) in [6.45, 7) is 3.02. The van der Waals surface area contributed by atoms with Crippen LogP contribution >= 0.6 is 11.8 Å². The van der Waals surface area contributed by atoms with E-state index in [2.05, 4.69) is 41.5 Å². The molecule has 19 heavy (non-hydrogen) atoms. The number of hydrogen-bond acceptors (Lipinski definition) is 4. The molecule has 2 atom stereocenters. The first-order chi connectivity index (χ1) is 9.31. The maximum absolute atomic E-state index is 6.48. The first-order valence-corrected chi connectivity index (χ1v) is 7.65. The first-order valence-electron chi connectivity index (χ1n) is 6.67. The van der Waals surface area contributed by atoms with Gasteiger partial charge in [0.2, 0.25) is 0 Å². The molecule has 1 aliphatic rings. The lowest BCUT2D eigenvalue weighted by Crippen LogP contribution is -2.23. The zero-order valence-corrected chi connectivity index (χ0v) is 11.8. The molecule has 0 fully saturated rings. The van der Waals surface area contributed by atoms with Crippen LogP contribution in [-0.2, 0) is 6.54 Å². The summed E-state index contributed by atoms with van der Waals surface area (Å²) < 4.78 is 1.94. The Morgan fingerprint density at radius 1 is 1.47 bits per heavy atom. The third-order valence-corrected chi connectivity index (χ3v) is 4.80. The molecule has 0 spiro atoms. The number of aromatic nitrogens is 3. The molecule has 0 aliphatic carbocycles. The summed E-state index contributed by atoms with van der Waals surface area (Å²) in [5.74, 6) is 1.40. The third kappa shape index (κ3) is 2.28. The number of fused-ring (bicyclic) bond motifs is 1. The van der Waals surface area contributed by atoms with Crippen LogP contribution in [0.2, 0.25) is 0 Å². The lowest BCUT2D eigenvalue weighted by atomic mass is 9.92. The standard InChI is InChI=1S/C14H18N4S/c1-2-7-18-12(8-16-17-18)14(15)11-9-19-13-6-4-3-5-10(11)13/h3-6,8,11,14H,2,7,9,15H2,1H3. The highest BCUT2D eigenvalue weighted by molar-refractivity contribution is 7.99. The van der Waals surface area contributed by atoms with E-state index in [-0.39, 0.29) is 6.04 Å². The Labute approximate surface area is 117 Å². The quantitative estimate of drug-likeness (QED) is 0.931. The van der Waals surface area contributed by atoms with E-state index in [0.29, 0.717) is 5.92 Å². The Morgan fingerprint density at radius 3 is 3.16 bits per heavy atom. The molecular weight excluding hydrogens is 256 g/mol. The van der Waals surface area contributed by atoms with Crippen LogP contribution in [0.15, 0.2) is 35.4 Å². The SMILES string of the molecule is CCCn1nncc1C(N)C1CSc2ccccc21. The van der Waals surface area contributed by atoms with Crippen molar-refractivity contribution in [2.24, 2.45) is 5.73 Å². The molecular formula is C14H18N4S. The summed E-state index contributed by atoms with van der Waals surface area (Å²) in [5, 5.41) is 8.15. The van der Waals surface area contributed by atoms with Crippen molar-refractivity contribution >= 4 is 11.8 Å². The van der Waals surface area contributed by atoms with Crippen LogP contribution < -0.4 is 5.73 Å². The average molecular weight is 274 g/mol. The van der Waals surface area contributed by atoms with Crippen molar-refractivity contribution < 1.29 is 0 Å². The zero-order valence-electron chi connectivity index (χ0n) is 11.0. The minimum absolute atomic E-state index is 0.0299. The van der Waals surface area contributed by atoms with Gasteiger partial charge in [-0.3, -0.25) is 0 Å². The van der Waals surface area contributed by atoms with Crippen LogP contribution in [-0.4, -0.2) is 20.7 Å². The van der Waals surface area contributed by atoms with Crippen molar-refractivity contribution in [3.8, 4) is 0 Å². The second-order valence-electron chi connectivity index (χ2n) is 4.86. The van der Waals surface area contributed by atoms with E-state index in [9.17, 15) is 0 Å². The summed E-state index contributed by atoms with van der Waals surface area (Å²) in [6, 6.07) is 8.51. The predicted molar refractivity (Wildman–Crippen MR) is 77.1 cm³/mol. The number of nitrogens with two attached hydrogens (primary N) is 1. The molecule has 100 valence electrons. The maximum Gasteiger partial charge on any atom is 0.0760 e. The topological polar surface area (TPSA) is 56.7 Å². The van der Waals surface area contributed by atoms with Gasteiger partial charge in [0.25, 0.3) is 0 Å². The van der Waals surface area contributed by atoms with Crippen LogP contribution in [0, 0.1) is 0 Å². The Hall–Kier alpha value is -1.33. The fourth-order valence-electron chi connectivity index (χ4n) is 2.60. The Balaban J connectivity index is 1.89. The largest absolute Gasteiger partial charge is 0.322 e. The van der Waals surface area contributed by atoms with Gasteiger partial charge in [0, 0.05) is 23.1 Å². The number of rotatable bonds is 4. The van der Waals surface area contributed by atoms with Gasteiger partial charge in [-0.15, -0.1) is 16.9 Å². The highest BCUT2D eigenvalue weighted by atomic mass is 32.2.